The summed E-state index contributed by atoms with van der Waals surface area (Å²) in [6.07, 6.45) is -4.47. The van der Waals surface area contributed by atoms with Crippen molar-refractivity contribution in [3.8, 4) is 0 Å². The van der Waals surface area contributed by atoms with Crippen LogP contribution in [-0.2, 0) is 28.6 Å². The Bertz CT molecular complexity index is 1350. The molecule has 2 fully saturated rings. The summed E-state index contributed by atoms with van der Waals surface area (Å²) in [5, 5.41) is 1.33. The first-order chi connectivity index (χ1) is 19.4. The molecule has 2 heterocycles. The summed E-state index contributed by atoms with van der Waals surface area (Å²) < 4.78 is 22.6. The number of hydroxylamine groups is 2. The molecule has 0 aliphatic carbocycles. The number of rotatable bonds is 7. The van der Waals surface area contributed by atoms with Crippen LogP contribution >= 0.6 is 0 Å². The highest BCUT2D eigenvalue weighted by Gasteiger charge is 2.55. The van der Waals surface area contributed by atoms with E-state index in [-0.39, 0.29) is 29.7 Å². The largest absolute Gasteiger partial charge is 0.468 e. The lowest BCUT2D eigenvalue weighted by Crippen LogP contribution is -2.53. The van der Waals surface area contributed by atoms with Crippen molar-refractivity contribution < 1.29 is 43.0 Å². The second-order valence-corrected chi connectivity index (χ2v) is 9.30. The summed E-state index contributed by atoms with van der Waals surface area (Å²) in [6.45, 7) is -0.152. The van der Waals surface area contributed by atoms with Gasteiger partial charge in [0.25, 0.3) is 0 Å². The minimum Gasteiger partial charge on any atom is -0.468 e. The summed E-state index contributed by atoms with van der Waals surface area (Å²) in [6, 6.07) is 24.0. The van der Waals surface area contributed by atoms with E-state index in [4.69, 9.17) is 23.8 Å². The smallest absolute Gasteiger partial charge is 0.338 e. The molecule has 0 amide bonds. The van der Waals surface area contributed by atoms with Crippen LogP contribution in [0.5, 0.6) is 0 Å². The van der Waals surface area contributed by atoms with Gasteiger partial charge in [0.05, 0.1) is 30.3 Å². The fraction of sp³-hybridized carbons (Fsp3) is 0.267. The van der Waals surface area contributed by atoms with Gasteiger partial charge in [-0.3, -0.25) is 9.63 Å². The van der Waals surface area contributed by atoms with E-state index in [1.807, 2.05) is 0 Å². The maximum atomic E-state index is 13.2. The van der Waals surface area contributed by atoms with Crippen LogP contribution in [0.2, 0.25) is 0 Å². The lowest BCUT2D eigenvalue weighted by atomic mass is 9.95. The van der Waals surface area contributed by atoms with Gasteiger partial charge in [0.15, 0.2) is 18.3 Å². The number of nitrogens with zero attached hydrogens (tertiary/aromatic N) is 1. The fourth-order valence-corrected chi connectivity index (χ4v) is 4.75. The van der Waals surface area contributed by atoms with Crippen LogP contribution in [0, 0.1) is 0 Å². The number of methoxy groups -OCH3 is 1. The van der Waals surface area contributed by atoms with E-state index in [1.54, 1.807) is 91.0 Å². The standard InChI is InChI=1S/C30H27NO9/c1-36-30(35)22-17-23-25(38-28(33)20-13-7-3-8-14-20)26(39-29(34)21-15-9-4-10-16-21)24(18-31(22)40-23)37-27(32)19-11-5-2-6-12-19/h2-16,22-26H,17-18H2,1H3/t22-,23-,24-,25-,26+/m0/s1. The van der Waals surface area contributed by atoms with Crippen LogP contribution in [0.4, 0.5) is 0 Å². The molecule has 0 aromatic heterocycles. The predicted octanol–water partition coefficient (Wildman–Crippen LogP) is 3.22. The Morgan fingerprint density at radius 3 is 1.60 bits per heavy atom. The molecular weight excluding hydrogens is 518 g/mol. The topological polar surface area (TPSA) is 118 Å². The maximum Gasteiger partial charge on any atom is 0.338 e. The van der Waals surface area contributed by atoms with Crippen LogP contribution in [0.1, 0.15) is 37.5 Å². The third kappa shape index (κ3) is 5.88. The molecule has 2 saturated heterocycles. The van der Waals surface area contributed by atoms with Gasteiger partial charge in [-0.2, -0.15) is 5.06 Å². The number of hydrogen-bond acceptors (Lipinski definition) is 10. The second-order valence-electron chi connectivity index (χ2n) is 9.30. The molecule has 0 radical (unpaired) electrons. The number of benzene rings is 3. The molecule has 3 aromatic rings. The maximum absolute atomic E-state index is 13.2. The van der Waals surface area contributed by atoms with E-state index in [9.17, 15) is 19.2 Å². The van der Waals surface area contributed by atoms with Gasteiger partial charge in [0.1, 0.15) is 12.1 Å². The molecule has 10 heteroatoms. The van der Waals surface area contributed by atoms with Crippen LogP contribution < -0.4 is 0 Å². The number of esters is 4. The quantitative estimate of drug-likeness (QED) is 0.324. The minimum atomic E-state index is -1.26. The van der Waals surface area contributed by atoms with Crippen LogP contribution in [0.25, 0.3) is 0 Å². The van der Waals surface area contributed by atoms with E-state index >= 15 is 0 Å². The number of ether oxygens (including phenoxy) is 4. The summed E-state index contributed by atoms with van der Waals surface area (Å²) in [7, 11) is 1.25. The number of carbonyl (C=O) groups excluding carboxylic acids is 4. The molecule has 5 rings (SSSR count). The van der Waals surface area contributed by atoms with Gasteiger partial charge in [-0.25, -0.2) is 14.4 Å². The predicted molar refractivity (Wildman–Crippen MR) is 139 cm³/mol. The first kappa shape index (κ1) is 27.0. The van der Waals surface area contributed by atoms with Gasteiger partial charge in [0.2, 0.25) is 0 Å². The first-order valence-corrected chi connectivity index (χ1v) is 12.7. The number of fused-ring (bicyclic) bond motifs is 2. The SMILES string of the molecule is COC(=O)[C@@H]1C[C@@H]2ON1C[C@H](OC(=O)c1ccccc1)[C@@H](OC(=O)c1ccccc1)[C@H]2OC(=O)c1ccccc1. The van der Waals surface area contributed by atoms with Crippen molar-refractivity contribution in [2.45, 2.75) is 36.9 Å². The van der Waals surface area contributed by atoms with E-state index in [0.29, 0.717) is 0 Å². The van der Waals surface area contributed by atoms with Gasteiger partial charge < -0.3 is 18.9 Å². The summed E-state index contributed by atoms with van der Waals surface area (Å²) in [4.78, 5) is 58.1. The van der Waals surface area contributed by atoms with Crippen molar-refractivity contribution >= 4 is 23.9 Å². The molecule has 2 bridgehead atoms. The van der Waals surface area contributed by atoms with Crippen molar-refractivity contribution in [2.75, 3.05) is 13.7 Å². The highest BCUT2D eigenvalue weighted by Crippen LogP contribution is 2.35. The van der Waals surface area contributed by atoms with Crippen molar-refractivity contribution in [1.82, 2.24) is 5.06 Å². The van der Waals surface area contributed by atoms with Crippen LogP contribution in [0.3, 0.4) is 0 Å². The Hall–Kier alpha value is -4.54. The molecule has 2 aliphatic rings. The lowest BCUT2D eigenvalue weighted by molar-refractivity contribution is -0.188. The van der Waals surface area contributed by atoms with Gasteiger partial charge in [-0.05, 0) is 36.4 Å². The zero-order valence-corrected chi connectivity index (χ0v) is 21.6. The van der Waals surface area contributed by atoms with E-state index in [1.165, 1.54) is 12.2 Å². The molecule has 0 N–H and O–H groups in total. The van der Waals surface area contributed by atoms with E-state index in [2.05, 4.69) is 0 Å². The Balaban J connectivity index is 1.51. The lowest BCUT2D eigenvalue weighted by Gasteiger charge is -2.34. The first-order valence-electron chi connectivity index (χ1n) is 12.7. The third-order valence-corrected chi connectivity index (χ3v) is 6.74. The Kier molecular flexibility index (Phi) is 8.18. The molecule has 40 heavy (non-hydrogen) atoms. The average molecular weight is 546 g/mol. The second kappa shape index (κ2) is 12.1. The summed E-state index contributed by atoms with van der Waals surface area (Å²) in [5.74, 6) is -2.65. The van der Waals surface area contributed by atoms with Crippen molar-refractivity contribution in [1.29, 1.82) is 0 Å². The van der Waals surface area contributed by atoms with Crippen molar-refractivity contribution in [3.05, 3.63) is 108 Å². The van der Waals surface area contributed by atoms with E-state index in [0.717, 1.165) is 0 Å². The zero-order chi connectivity index (χ0) is 28.1. The molecule has 0 saturated carbocycles. The molecule has 206 valence electrons. The third-order valence-electron chi connectivity index (χ3n) is 6.74. The summed E-state index contributed by atoms with van der Waals surface area (Å²) >= 11 is 0. The van der Waals surface area contributed by atoms with Gasteiger partial charge >= 0.3 is 23.9 Å². The van der Waals surface area contributed by atoms with Gasteiger partial charge in [-0.15, -0.1) is 0 Å². The zero-order valence-electron chi connectivity index (χ0n) is 21.6. The fourth-order valence-electron chi connectivity index (χ4n) is 4.75. The highest BCUT2D eigenvalue weighted by molar-refractivity contribution is 5.91. The molecular formula is C30H27NO9. The Labute approximate surface area is 230 Å². The molecule has 3 aromatic carbocycles. The normalized spacial score (nSPS) is 25.2. The number of carbonyl (C=O) groups is 4. The van der Waals surface area contributed by atoms with Crippen molar-refractivity contribution in [2.24, 2.45) is 0 Å². The van der Waals surface area contributed by atoms with Crippen LogP contribution in [-0.4, -0.2) is 73.1 Å². The number of hydrogen-bond donors (Lipinski definition) is 0. The molecule has 2 aliphatic heterocycles. The highest BCUT2D eigenvalue weighted by atomic mass is 16.7. The summed E-state index contributed by atoms with van der Waals surface area (Å²) in [5.41, 5.74) is 0.784. The van der Waals surface area contributed by atoms with Gasteiger partial charge in [-0.1, -0.05) is 54.6 Å². The monoisotopic (exact) mass is 545 g/mol. The molecule has 0 spiro atoms. The Morgan fingerprint density at radius 1 is 0.675 bits per heavy atom. The molecule has 1 unspecified atom stereocenters. The Morgan fingerprint density at radius 2 is 1.12 bits per heavy atom. The average Bonchev–Trinajstić information content (AvgIpc) is 3.37. The molecule has 10 nitrogen and oxygen atoms in total. The molecule has 6 atom stereocenters. The van der Waals surface area contributed by atoms with Crippen molar-refractivity contribution in [3.63, 3.8) is 0 Å². The van der Waals surface area contributed by atoms with Crippen LogP contribution in [0.15, 0.2) is 91.0 Å². The van der Waals surface area contributed by atoms with Gasteiger partial charge in [0, 0.05) is 6.42 Å². The van der Waals surface area contributed by atoms with E-state index < -0.39 is 54.3 Å². The minimum absolute atomic E-state index is 0.0954.